The number of sulfonamides is 1. The van der Waals surface area contributed by atoms with Crippen LogP contribution >= 0.6 is 11.3 Å². The molecule has 1 aromatic rings. The lowest BCUT2D eigenvalue weighted by Gasteiger charge is -2.17. The van der Waals surface area contributed by atoms with Crippen LogP contribution in [0.3, 0.4) is 0 Å². The van der Waals surface area contributed by atoms with Gasteiger partial charge in [-0.1, -0.05) is 13.8 Å². The molecule has 1 fully saturated rings. The first-order chi connectivity index (χ1) is 8.32. The van der Waals surface area contributed by atoms with Gasteiger partial charge in [0.25, 0.3) is 0 Å². The molecule has 0 spiro atoms. The average molecular weight is 288 g/mol. The fourth-order valence-electron chi connectivity index (χ4n) is 2.42. The zero-order valence-corrected chi connectivity index (χ0v) is 12.4. The highest BCUT2D eigenvalue weighted by Gasteiger charge is 2.33. The van der Waals surface area contributed by atoms with Crippen molar-refractivity contribution >= 4 is 21.4 Å². The second-order valence-electron chi connectivity index (χ2n) is 5.70. The average Bonchev–Trinajstić information content (AvgIpc) is 2.84. The number of thiophene rings is 1. The Morgan fingerprint density at radius 2 is 2.28 bits per heavy atom. The van der Waals surface area contributed by atoms with Crippen LogP contribution in [0.2, 0.25) is 0 Å². The molecule has 1 aliphatic carbocycles. The van der Waals surface area contributed by atoms with Crippen LogP contribution in [0, 0.1) is 5.41 Å². The summed E-state index contributed by atoms with van der Waals surface area (Å²) in [4.78, 5) is 0. The first-order valence-electron chi connectivity index (χ1n) is 6.12. The molecule has 1 atom stereocenters. The number of nitrogens with two attached hydrogens (primary N) is 1. The number of hydrogen-bond donors (Lipinski definition) is 2. The minimum Gasteiger partial charge on any atom is -0.326 e. The van der Waals surface area contributed by atoms with Gasteiger partial charge in [0.2, 0.25) is 10.0 Å². The van der Waals surface area contributed by atoms with Crippen molar-refractivity contribution in [3.63, 3.8) is 0 Å². The van der Waals surface area contributed by atoms with E-state index in [1.165, 1.54) is 11.3 Å². The van der Waals surface area contributed by atoms with Crippen molar-refractivity contribution in [2.75, 3.05) is 0 Å². The largest absolute Gasteiger partial charge is 0.326 e. The lowest BCUT2D eigenvalue weighted by atomic mass is 9.92. The maximum atomic E-state index is 12.2. The molecule has 18 heavy (non-hydrogen) atoms. The van der Waals surface area contributed by atoms with E-state index in [0.717, 1.165) is 24.8 Å². The lowest BCUT2D eigenvalue weighted by molar-refractivity contribution is 0.372. The van der Waals surface area contributed by atoms with E-state index in [1.54, 1.807) is 11.4 Å². The predicted octanol–water partition coefficient (Wildman–Crippen LogP) is 2.06. The summed E-state index contributed by atoms with van der Waals surface area (Å²) in [6.07, 6.45) is 2.89. The van der Waals surface area contributed by atoms with Crippen molar-refractivity contribution in [1.82, 2.24) is 4.72 Å². The Hall–Kier alpha value is -0.430. The third-order valence-electron chi connectivity index (χ3n) is 3.42. The van der Waals surface area contributed by atoms with Crippen LogP contribution in [0.4, 0.5) is 0 Å². The molecule has 3 N–H and O–H groups in total. The van der Waals surface area contributed by atoms with Gasteiger partial charge in [-0.15, -0.1) is 11.3 Å². The van der Waals surface area contributed by atoms with Crippen molar-refractivity contribution in [3.05, 3.63) is 17.0 Å². The SMILES string of the molecule is CC1(C)CCC(NS(=O)(=O)c2cc(CN)cs2)C1. The van der Waals surface area contributed by atoms with Crippen LogP contribution in [-0.2, 0) is 16.6 Å². The lowest BCUT2D eigenvalue weighted by Crippen LogP contribution is -2.33. The molecule has 1 unspecified atom stereocenters. The van der Waals surface area contributed by atoms with Crippen LogP contribution in [0.5, 0.6) is 0 Å². The molecule has 1 heterocycles. The third-order valence-corrected chi connectivity index (χ3v) is 6.43. The van der Waals surface area contributed by atoms with Gasteiger partial charge in [-0.25, -0.2) is 13.1 Å². The summed E-state index contributed by atoms with van der Waals surface area (Å²) in [5.74, 6) is 0. The van der Waals surface area contributed by atoms with Crippen molar-refractivity contribution in [1.29, 1.82) is 0 Å². The monoisotopic (exact) mass is 288 g/mol. The number of nitrogens with one attached hydrogen (secondary N) is 1. The summed E-state index contributed by atoms with van der Waals surface area (Å²) in [6.45, 7) is 4.74. The predicted molar refractivity (Wildman–Crippen MR) is 74.0 cm³/mol. The molecule has 0 aromatic carbocycles. The van der Waals surface area contributed by atoms with Crippen LogP contribution in [0.15, 0.2) is 15.7 Å². The Labute approximate surface area is 113 Å². The number of rotatable bonds is 4. The molecule has 4 nitrogen and oxygen atoms in total. The van der Waals surface area contributed by atoms with E-state index in [2.05, 4.69) is 18.6 Å². The molecule has 0 aliphatic heterocycles. The van der Waals surface area contributed by atoms with Gasteiger partial charge in [0, 0.05) is 12.6 Å². The highest BCUT2D eigenvalue weighted by molar-refractivity contribution is 7.91. The van der Waals surface area contributed by atoms with E-state index < -0.39 is 10.0 Å². The van der Waals surface area contributed by atoms with Crippen LogP contribution < -0.4 is 10.5 Å². The Morgan fingerprint density at radius 3 is 2.78 bits per heavy atom. The van der Waals surface area contributed by atoms with Gasteiger partial charge in [0.1, 0.15) is 4.21 Å². The minimum atomic E-state index is -3.37. The van der Waals surface area contributed by atoms with E-state index in [-0.39, 0.29) is 11.5 Å². The minimum absolute atomic E-state index is 0.0634. The molecular formula is C12H20N2O2S2. The normalized spacial score (nSPS) is 23.4. The summed E-state index contributed by atoms with van der Waals surface area (Å²) < 4.78 is 27.5. The molecule has 0 bridgehead atoms. The van der Waals surface area contributed by atoms with Gasteiger partial charge >= 0.3 is 0 Å². The molecule has 0 saturated heterocycles. The first-order valence-corrected chi connectivity index (χ1v) is 8.48. The van der Waals surface area contributed by atoms with Crippen molar-refractivity contribution in [3.8, 4) is 0 Å². The summed E-state index contributed by atoms with van der Waals surface area (Å²) >= 11 is 1.23. The van der Waals surface area contributed by atoms with Gasteiger partial charge in [-0.3, -0.25) is 0 Å². The second-order valence-corrected chi connectivity index (χ2v) is 8.56. The first kappa shape index (κ1) is 14.0. The Kier molecular flexibility index (Phi) is 3.82. The second kappa shape index (κ2) is 4.92. The maximum Gasteiger partial charge on any atom is 0.250 e. The van der Waals surface area contributed by atoms with Gasteiger partial charge in [0.05, 0.1) is 0 Å². The fourth-order valence-corrected chi connectivity index (χ4v) is 4.92. The van der Waals surface area contributed by atoms with Crippen molar-refractivity contribution in [2.24, 2.45) is 11.1 Å². The smallest absolute Gasteiger partial charge is 0.250 e. The van der Waals surface area contributed by atoms with E-state index >= 15 is 0 Å². The standard InChI is InChI=1S/C12H20N2O2S2/c1-12(2)4-3-10(6-12)14-18(15,16)11-5-9(7-13)8-17-11/h5,8,10,14H,3-4,6-7,13H2,1-2H3. The van der Waals surface area contributed by atoms with E-state index in [0.29, 0.717) is 10.8 Å². The van der Waals surface area contributed by atoms with Crippen LogP contribution in [0.1, 0.15) is 38.7 Å². The summed E-state index contributed by atoms with van der Waals surface area (Å²) in [6, 6.07) is 1.72. The van der Waals surface area contributed by atoms with Gasteiger partial charge in [-0.05, 0) is 41.7 Å². The molecule has 0 radical (unpaired) electrons. The molecule has 2 rings (SSSR count). The molecule has 6 heteroatoms. The Bertz CT molecular complexity index is 520. The zero-order chi connectivity index (χ0) is 13.4. The van der Waals surface area contributed by atoms with E-state index in [4.69, 9.17) is 5.73 Å². The quantitative estimate of drug-likeness (QED) is 0.891. The third kappa shape index (κ3) is 3.12. The Balaban J connectivity index is 2.08. The fraction of sp³-hybridized carbons (Fsp3) is 0.667. The molecule has 1 saturated carbocycles. The molecule has 0 amide bonds. The maximum absolute atomic E-state index is 12.2. The molecule has 1 aliphatic rings. The molecule has 102 valence electrons. The Morgan fingerprint density at radius 1 is 1.56 bits per heavy atom. The highest BCUT2D eigenvalue weighted by Crippen LogP contribution is 2.37. The van der Waals surface area contributed by atoms with E-state index in [1.807, 2.05) is 0 Å². The summed E-state index contributed by atoms with van der Waals surface area (Å²) in [5, 5.41) is 1.80. The van der Waals surface area contributed by atoms with Gasteiger partial charge < -0.3 is 5.73 Å². The van der Waals surface area contributed by atoms with Crippen molar-refractivity contribution < 1.29 is 8.42 Å². The summed E-state index contributed by atoms with van der Waals surface area (Å²) in [7, 11) is -3.37. The van der Waals surface area contributed by atoms with Crippen molar-refractivity contribution in [2.45, 2.75) is 49.9 Å². The van der Waals surface area contributed by atoms with E-state index in [9.17, 15) is 8.42 Å². The summed E-state index contributed by atoms with van der Waals surface area (Å²) in [5.41, 5.74) is 6.61. The highest BCUT2D eigenvalue weighted by atomic mass is 32.2. The molecule has 1 aromatic heterocycles. The molecular weight excluding hydrogens is 268 g/mol. The zero-order valence-electron chi connectivity index (χ0n) is 10.8. The van der Waals surface area contributed by atoms with Crippen LogP contribution in [-0.4, -0.2) is 14.5 Å². The van der Waals surface area contributed by atoms with Gasteiger partial charge in [0.15, 0.2) is 0 Å². The number of hydrogen-bond acceptors (Lipinski definition) is 4. The topological polar surface area (TPSA) is 72.2 Å². The van der Waals surface area contributed by atoms with Crippen LogP contribution in [0.25, 0.3) is 0 Å². The van der Waals surface area contributed by atoms with Gasteiger partial charge in [-0.2, -0.15) is 0 Å².